The van der Waals surface area contributed by atoms with E-state index in [2.05, 4.69) is 50.2 Å². The molecule has 0 atom stereocenters. The van der Waals surface area contributed by atoms with E-state index >= 15 is 0 Å². The maximum absolute atomic E-state index is 14.4. The number of rotatable bonds is 42. The molecule has 24 heteroatoms. The van der Waals surface area contributed by atoms with E-state index in [1.54, 1.807) is 0 Å². The molecule has 0 aromatic rings. The van der Waals surface area contributed by atoms with Crippen LogP contribution in [0.2, 0.25) is 0 Å². The van der Waals surface area contributed by atoms with Crippen LogP contribution < -0.4 is 45.0 Å². The molecule has 2 aliphatic heterocycles. The Labute approximate surface area is 448 Å². The van der Waals surface area contributed by atoms with E-state index < -0.39 is 12.1 Å². The van der Waals surface area contributed by atoms with Gasteiger partial charge in [0.2, 0.25) is 0 Å². The van der Waals surface area contributed by atoms with E-state index in [4.69, 9.17) is 53.8 Å². The monoisotopic (exact) mass is 1080 g/mol. The summed E-state index contributed by atoms with van der Waals surface area (Å²) in [5, 5.41) is 13.6. The lowest BCUT2D eigenvalue weighted by Gasteiger charge is -2.31. The Hall–Kier alpha value is -4.55. The Morgan fingerprint density at radius 3 is 0.973 bits per heavy atom. The van der Waals surface area contributed by atoms with Gasteiger partial charge in [-0.15, -0.1) is 0 Å². The van der Waals surface area contributed by atoms with Crippen LogP contribution in [0.1, 0.15) is 154 Å². The third-order valence-corrected chi connectivity index (χ3v) is 13.0. The lowest BCUT2D eigenvalue weighted by Crippen LogP contribution is -2.45. The van der Waals surface area contributed by atoms with Crippen LogP contribution in [0.15, 0.2) is 20.0 Å². The van der Waals surface area contributed by atoms with E-state index in [-0.39, 0.29) is 18.0 Å². The van der Waals surface area contributed by atoms with Crippen LogP contribution in [0, 0.1) is 0 Å². The Balaban J connectivity index is 0.00000373. The number of nitrogens with two attached hydrogens (primary N) is 6. The Morgan fingerprint density at radius 1 is 0.453 bits per heavy atom. The highest BCUT2D eigenvalue weighted by molar-refractivity contribution is 5.78. The van der Waals surface area contributed by atoms with Crippen LogP contribution in [-0.2, 0) is 14.3 Å². The summed E-state index contributed by atoms with van der Waals surface area (Å²) in [5.41, 5.74) is 34.2. The van der Waals surface area contributed by atoms with E-state index in [0.29, 0.717) is 25.0 Å². The molecule has 15 N–H and O–H groups in total. The van der Waals surface area contributed by atoms with Crippen molar-refractivity contribution in [2.75, 3.05) is 131 Å². The van der Waals surface area contributed by atoms with Crippen LogP contribution in [0.5, 0.6) is 0 Å². The molecule has 0 spiro atoms. The third-order valence-electron chi connectivity index (χ3n) is 13.0. The Morgan fingerprint density at radius 2 is 0.707 bits per heavy atom. The summed E-state index contributed by atoms with van der Waals surface area (Å²) in [7, 11) is 0. The van der Waals surface area contributed by atoms with Crippen LogP contribution >= 0.6 is 0 Å². The van der Waals surface area contributed by atoms with Crippen molar-refractivity contribution in [1.82, 2.24) is 30.2 Å². The first-order valence-corrected chi connectivity index (χ1v) is 28.3. The average Bonchev–Trinajstić information content (AvgIpc) is 3.37. The van der Waals surface area contributed by atoms with Gasteiger partial charge in [0.25, 0.3) is 0 Å². The zero-order valence-electron chi connectivity index (χ0n) is 45.9. The number of carbonyl (C=O) groups excluding carboxylic acids is 1. The Bertz CT molecular complexity index is 1430. The van der Waals surface area contributed by atoms with Crippen molar-refractivity contribution in [2.24, 2.45) is 54.4 Å². The van der Waals surface area contributed by atoms with Gasteiger partial charge in [0.1, 0.15) is 0 Å². The minimum atomic E-state index is -5.08. The number of carbonyl (C=O) groups is 2. The summed E-state index contributed by atoms with van der Waals surface area (Å²) in [6.07, 6.45) is 21.4. The number of guanidine groups is 4. The zero-order valence-corrected chi connectivity index (χ0v) is 45.9. The van der Waals surface area contributed by atoms with Crippen molar-refractivity contribution in [2.45, 2.75) is 160 Å². The number of morpholine rings is 2. The highest BCUT2D eigenvalue weighted by Gasteiger charge is 2.38. The number of carboxylic acid groups (broad SMARTS) is 1. The number of carboxylic acids is 1. The molecule has 0 aromatic carbocycles. The van der Waals surface area contributed by atoms with Crippen molar-refractivity contribution in [3.8, 4) is 0 Å². The lowest BCUT2D eigenvalue weighted by atomic mass is 10.1. The van der Waals surface area contributed by atoms with Gasteiger partial charge in [0, 0.05) is 105 Å². The largest absolute Gasteiger partial charge is 0.490 e. The number of unbranched alkanes of at least 4 members (excludes halogenated alkanes) is 20. The van der Waals surface area contributed by atoms with E-state index in [9.17, 15) is 18.0 Å². The number of aliphatic imine (C=N–C) groups is 4. The number of hydrogen-bond acceptors (Lipinski definition) is 10. The fourth-order valence-electron chi connectivity index (χ4n) is 8.55. The second-order valence-corrected chi connectivity index (χ2v) is 19.5. The fourth-order valence-corrected chi connectivity index (χ4v) is 8.55. The van der Waals surface area contributed by atoms with Crippen LogP contribution in [0.4, 0.5) is 18.0 Å². The molecule has 2 saturated heterocycles. The normalized spacial score (nSPS) is 14.7. The smallest absolute Gasteiger partial charge is 0.475 e. The molecular formula is C51H103F3N16O5. The van der Waals surface area contributed by atoms with Gasteiger partial charge in [-0.25, -0.2) is 9.59 Å². The summed E-state index contributed by atoms with van der Waals surface area (Å²) in [6.45, 7) is 16.8. The number of amides is 2. The topological polar surface area (TPSA) is 315 Å². The molecule has 2 aliphatic rings. The van der Waals surface area contributed by atoms with Gasteiger partial charge in [-0.1, -0.05) is 103 Å². The average molecular weight is 1080 g/mol. The van der Waals surface area contributed by atoms with E-state index in [0.717, 1.165) is 246 Å². The number of ether oxygens (including phenoxy) is 2. The van der Waals surface area contributed by atoms with Crippen molar-refractivity contribution in [3.63, 3.8) is 0 Å². The third kappa shape index (κ3) is 43.3. The molecule has 438 valence electrons. The zero-order chi connectivity index (χ0) is 55.0. The summed E-state index contributed by atoms with van der Waals surface area (Å²) in [5.74, 6) is -1.35. The Kier molecular flexibility index (Phi) is 42.7. The number of alkyl halides is 3. The molecule has 0 unspecified atom stereocenters. The van der Waals surface area contributed by atoms with Crippen molar-refractivity contribution in [3.05, 3.63) is 0 Å². The number of halogens is 3. The summed E-state index contributed by atoms with van der Waals surface area (Å²) in [6, 6.07) is 0.225. The molecule has 21 nitrogen and oxygen atoms in total. The van der Waals surface area contributed by atoms with Crippen LogP contribution in [0.3, 0.4) is 0 Å². The summed E-state index contributed by atoms with van der Waals surface area (Å²) < 4.78 is 42.6. The first-order valence-electron chi connectivity index (χ1n) is 28.3. The number of hydrogen-bond donors (Lipinski definition) is 9. The van der Waals surface area contributed by atoms with Crippen molar-refractivity contribution in [1.29, 1.82) is 0 Å². The molecule has 2 amide bonds. The van der Waals surface area contributed by atoms with Gasteiger partial charge in [0.05, 0.1) is 26.4 Å². The standard InChI is InChI=1S/C49H102N16O3.C2HF3O2/c50-45(51)56-25-17-9-1-5-13-21-31-64(33-23-15-7-3-11-19-27-58-47(54)60-29-35-62-37-41-67-42-38-62)49(66)65(32-22-14-6-2-10-18-26-57-46(52)53)34-24-16-8-4-12-20-28-59-48(55)61-30-36-63-39-43-68-44-40-63;3-2(4,5)1(6)7/h1-44H2,(H4,50,51,56)(H4,52,53,57)(H3,54,58,60)(H3,55,59,61);(H,6,7). The minimum Gasteiger partial charge on any atom is -0.475 e. The van der Waals surface area contributed by atoms with Gasteiger partial charge >= 0.3 is 18.2 Å². The minimum absolute atomic E-state index is 0.164. The number of aliphatic carboxylic acids is 1. The molecular weight excluding hydrogens is 974 g/mol. The SMILES string of the molecule is NC(N)=NCCCCCCCCN(CCCCCCCCN=C(N)NCCN1CCOCC1)C(=O)N(CCCCCCCCN=C(N)N)CCCCCCCCN=C(N)NCCN1CCOCC1.O=C(O)C(F)(F)F. The highest BCUT2D eigenvalue weighted by Crippen LogP contribution is 2.16. The number of nitrogens with one attached hydrogen (secondary N) is 2. The lowest BCUT2D eigenvalue weighted by molar-refractivity contribution is -0.192. The molecule has 2 heterocycles. The second-order valence-electron chi connectivity index (χ2n) is 19.5. The molecule has 0 bridgehead atoms. The first-order chi connectivity index (χ1) is 36.2. The maximum Gasteiger partial charge on any atom is 0.490 e. The molecule has 75 heavy (non-hydrogen) atoms. The predicted molar refractivity (Wildman–Crippen MR) is 298 cm³/mol. The quantitative estimate of drug-likeness (QED) is 0.0227. The number of nitrogens with zero attached hydrogens (tertiary/aromatic N) is 8. The van der Waals surface area contributed by atoms with Crippen molar-refractivity contribution >= 4 is 35.8 Å². The molecule has 0 aromatic heterocycles. The molecule has 2 fully saturated rings. The first kappa shape index (κ1) is 68.5. The highest BCUT2D eigenvalue weighted by atomic mass is 19.4. The van der Waals surface area contributed by atoms with Gasteiger partial charge < -0.3 is 69.4 Å². The predicted octanol–water partition coefficient (Wildman–Crippen LogP) is 4.73. The van der Waals surface area contributed by atoms with Crippen LogP contribution in [0.25, 0.3) is 0 Å². The fraction of sp³-hybridized carbons (Fsp3) is 0.882. The maximum atomic E-state index is 14.4. The van der Waals surface area contributed by atoms with Gasteiger partial charge in [0.15, 0.2) is 23.8 Å². The van der Waals surface area contributed by atoms with Gasteiger partial charge in [-0.05, 0) is 51.4 Å². The molecule has 2 rings (SSSR count). The molecule has 0 saturated carbocycles. The molecule has 0 aliphatic carbocycles. The second kappa shape index (κ2) is 46.7. The van der Waals surface area contributed by atoms with Gasteiger partial charge in [-0.2, -0.15) is 13.2 Å². The summed E-state index contributed by atoms with van der Waals surface area (Å²) in [4.78, 5) is 49.7. The van der Waals surface area contributed by atoms with Gasteiger partial charge in [-0.3, -0.25) is 29.8 Å². The number of urea groups is 1. The summed E-state index contributed by atoms with van der Waals surface area (Å²) >= 11 is 0. The van der Waals surface area contributed by atoms with E-state index in [1.165, 1.54) is 25.7 Å². The van der Waals surface area contributed by atoms with E-state index in [1.807, 2.05) is 0 Å². The van der Waals surface area contributed by atoms with Crippen LogP contribution in [-0.4, -0.2) is 198 Å². The molecule has 0 radical (unpaired) electrons. The van der Waals surface area contributed by atoms with Crippen molar-refractivity contribution < 1.29 is 37.3 Å².